The highest BCUT2D eigenvalue weighted by atomic mass is 16.5. The fourth-order valence-corrected chi connectivity index (χ4v) is 2.86. The number of amides is 4. The van der Waals surface area contributed by atoms with Crippen molar-refractivity contribution in [1.82, 2.24) is 15.5 Å². The van der Waals surface area contributed by atoms with Gasteiger partial charge in [0.2, 0.25) is 0 Å². The van der Waals surface area contributed by atoms with Gasteiger partial charge in [0.1, 0.15) is 5.54 Å². The molecule has 0 saturated carbocycles. The van der Waals surface area contributed by atoms with Crippen molar-refractivity contribution in [1.29, 1.82) is 0 Å². The summed E-state index contributed by atoms with van der Waals surface area (Å²) in [7, 11) is 0. The molecule has 132 valence electrons. The lowest BCUT2D eigenvalue weighted by atomic mass is 9.91. The van der Waals surface area contributed by atoms with E-state index >= 15 is 0 Å². The van der Waals surface area contributed by atoms with Crippen molar-refractivity contribution in [3.63, 3.8) is 0 Å². The number of carbonyl (C=O) groups excluding carboxylic acids is 3. The average Bonchev–Trinajstić information content (AvgIpc) is 2.87. The molecule has 0 unspecified atom stereocenters. The van der Waals surface area contributed by atoms with Crippen molar-refractivity contribution >= 4 is 23.8 Å². The Labute approximate surface area is 142 Å². The molecule has 2 fully saturated rings. The molecular formula is C16H17N3O6. The van der Waals surface area contributed by atoms with Crippen LogP contribution < -0.4 is 10.6 Å². The van der Waals surface area contributed by atoms with Crippen molar-refractivity contribution in [2.45, 2.75) is 18.6 Å². The van der Waals surface area contributed by atoms with Gasteiger partial charge in [-0.3, -0.25) is 14.9 Å². The number of nitrogens with zero attached hydrogens (tertiary/aromatic N) is 1. The van der Waals surface area contributed by atoms with E-state index in [1.807, 2.05) is 0 Å². The van der Waals surface area contributed by atoms with Crippen LogP contribution in [0.15, 0.2) is 24.3 Å². The van der Waals surface area contributed by atoms with Gasteiger partial charge in [-0.25, -0.2) is 9.59 Å². The first-order valence-corrected chi connectivity index (χ1v) is 7.69. The number of benzene rings is 1. The number of carboxylic acid groups (broad SMARTS) is 1. The lowest BCUT2D eigenvalue weighted by molar-refractivity contribution is -0.154. The quantitative estimate of drug-likeness (QED) is 0.643. The Hall–Kier alpha value is -2.94. The zero-order chi connectivity index (χ0) is 18.2. The fourth-order valence-electron chi connectivity index (χ4n) is 2.86. The number of carbonyl (C=O) groups is 4. The van der Waals surface area contributed by atoms with Crippen LogP contribution in [0.5, 0.6) is 0 Å². The highest BCUT2D eigenvalue weighted by molar-refractivity contribution is 6.07. The number of hydrogen-bond donors (Lipinski definition) is 3. The maximum atomic E-state index is 12.5. The minimum absolute atomic E-state index is 0.0217. The normalized spacial score (nSPS) is 26.1. The third-order valence-corrected chi connectivity index (χ3v) is 4.38. The molecule has 0 bridgehead atoms. The molecule has 3 rings (SSSR count). The van der Waals surface area contributed by atoms with E-state index in [4.69, 9.17) is 9.84 Å². The van der Waals surface area contributed by atoms with E-state index in [1.165, 1.54) is 4.90 Å². The molecule has 9 heteroatoms. The molecule has 2 heterocycles. The summed E-state index contributed by atoms with van der Waals surface area (Å²) in [4.78, 5) is 48.2. The topological polar surface area (TPSA) is 125 Å². The molecule has 4 amide bonds. The maximum Gasteiger partial charge on any atom is 0.334 e. The van der Waals surface area contributed by atoms with Crippen LogP contribution in [0.3, 0.4) is 0 Å². The zero-order valence-electron chi connectivity index (χ0n) is 13.4. The predicted octanol–water partition coefficient (Wildman–Crippen LogP) is -0.333. The second kappa shape index (κ2) is 6.17. The van der Waals surface area contributed by atoms with Gasteiger partial charge in [-0.1, -0.05) is 12.1 Å². The van der Waals surface area contributed by atoms with Crippen molar-refractivity contribution in [2.75, 3.05) is 19.7 Å². The Morgan fingerprint density at radius 2 is 1.96 bits per heavy atom. The summed E-state index contributed by atoms with van der Waals surface area (Å²) < 4.78 is 5.10. The average molecular weight is 347 g/mol. The first-order valence-electron chi connectivity index (χ1n) is 7.69. The molecule has 2 aliphatic heterocycles. The molecule has 3 N–H and O–H groups in total. The number of rotatable bonds is 3. The van der Waals surface area contributed by atoms with E-state index < -0.39 is 29.6 Å². The van der Waals surface area contributed by atoms with Crippen LogP contribution in [-0.2, 0) is 19.9 Å². The van der Waals surface area contributed by atoms with E-state index in [0.29, 0.717) is 17.7 Å². The molecule has 9 nitrogen and oxygen atoms in total. The number of carboxylic acids is 1. The first kappa shape index (κ1) is 16.9. The molecule has 0 aliphatic carbocycles. The van der Waals surface area contributed by atoms with Gasteiger partial charge in [0.05, 0.1) is 13.2 Å². The smallest absolute Gasteiger partial charge is 0.334 e. The Morgan fingerprint density at radius 1 is 1.28 bits per heavy atom. The number of nitrogens with one attached hydrogen (secondary N) is 2. The summed E-state index contributed by atoms with van der Waals surface area (Å²) in [5.74, 6) is -1.89. The van der Waals surface area contributed by atoms with Gasteiger partial charge in [0, 0.05) is 12.1 Å². The predicted molar refractivity (Wildman–Crippen MR) is 83.7 cm³/mol. The van der Waals surface area contributed by atoms with Crippen LogP contribution in [0, 0.1) is 0 Å². The number of ether oxygens (including phenoxy) is 1. The highest BCUT2D eigenvalue weighted by Crippen LogP contribution is 2.25. The van der Waals surface area contributed by atoms with Crippen molar-refractivity contribution in [3.8, 4) is 0 Å². The lowest BCUT2D eigenvalue weighted by Crippen LogP contribution is -2.48. The molecule has 1 aromatic carbocycles. The second-order valence-corrected chi connectivity index (χ2v) is 6.06. The molecular weight excluding hydrogens is 330 g/mol. The zero-order valence-corrected chi connectivity index (χ0v) is 13.4. The summed E-state index contributed by atoms with van der Waals surface area (Å²) in [6, 6.07) is 5.71. The van der Waals surface area contributed by atoms with Gasteiger partial charge in [0.25, 0.3) is 11.8 Å². The van der Waals surface area contributed by atoms with E-state index in [9.17, 15) is 19.2 Å². The lowest BCUT2D eigenvalue weighted by Gasteiger charge is -2.31. The van der Waals surface area contributed by atoms with E-state index in [2.05, 4.69) is 10.6 Å². The minimum atomic E-state index is -1.19. The number of hydrogen-bond acceptors (Lipinski definition) is 5. The Bertz CT molecular complexity index is 747. The number of imide groups is 1. The summed E-state index contributed by atoms with van der Waals surface area (Å²) in [5, 5.41) is 13.7. The van der Waals surface area contributed by atoms with Crippen LogP contribution in [0.1, 0.15) is 22.8 Å². The van der Waals surface area contributed by atoms with Crippen LogP contribution in [0.2, 0.25) is 0 Å². The monoisotopic (exact) mass is 347 g/mol. The number of urea groups is 1. The number of aliphatic carboxylic acids is 1. The van der Waals surface area contributed by atoms with Gasteiger partial charge in [-0.15, -0.1) is 0 Å². The third kappa shape index (κ3) is 3.05. The molecule has 2 saturated heterocycles. The highest BCUT2D eigenvalue weighted by Gasteiger charge is 2.43. The number of morpholine rings is 1. The van der Waals surface area contributed by atoms with Crippen LogP contribution in [0.4, 0.5) is 4.79 Å². The van der Waals surface area contributed by atoms with E-state index in [0.717, 1.165) is 0 Å². The SMILES string of the molecule is C[C@]1(c2ccc(C(=O)N3CCO[C@H](C(=O)O)C3)cc2)NC(=O)NC1=O. The van der Waals surface area contributed by atoms with Gasteiger partial charge in [-0.2, -0.15) is 0 Å². The van der Waals surface area contributed by atoms with Gasteiger partial charge < -0.3 is 20.1 Å². The molecule has 25 heavy (non-hydrogen) atoms. The Balaban J connectivity index is 1.76. The first-order chi connectivity index (χ1) is 11.8. The van der Waals surface area contributed by atoms with Gasteiger partial charge in [0.15, 0.2) is 6.10 Å². The van der Waals surface area contributed by atoms with Crippen molar-refractivity contribution < 1.29 is 29.0 Å². The standard InChI is InChI=1S/C16H17N3O6/c1-16(14(23)17-15(24)18-16)10-4-2-9(3-5-10)12(20)19-6-7-25-11(8-19)13(21)22/h2-5,11H,6-8H2,1H3,(H,21,22)(H2,17,18,23,24)/t11-,16+/m0/s1. The molecule has 0 radical (unpaired) electrons. The van der Waals surface area contributed by atoms with Gasteiger partial charge in [-0.05, 0) is 24.6 Å². The molecule has 0 aromatic heterocycles. The van der Waals surface area contributed by atoms with E-state index in [-0.39, 0.29) is 19.1 Å². The Kier molecular flexibility index (Phi) is 4.17. The van der Waals surface area contributed by atoms with Crippen molar-refractivity contribution in [3.05, 3.63) is 35.4 Å². The Morgan fingerprint density at radius 3 is 2.52 bits per heavy atom. The summed E-state index contributed by atoms with van der Waals surface area (Å²) >= 11 is 0. The molecule has 2 atom stereocenters. The maximum absolute atomic E-state index is 12.5. The summed E-state index contributed by atoms with van der Waals surface area (Å²) in [6.45, 7) is 2.02. The van der Waals surface area contributed by atoms with Crippen LogP contribution in [0.25, 0.3) is 0 Å². The van der Waals surface area contributed by atoms with Gasteiger partial charge >= 0.3 is 12.0 Å². The second-order valence-electron chi connectivity index (χ2n) is 6.06. The molecule has 0 spiro atoms. The van der Waals surface area contributed by atoms with Crippen LogP contribution >= 0.6 is 0 Å². The van der Waals surface area contributed by atoms with Crippen LogP contribution in [-0.4, -0.2) is 59.6 Å². The molecule has 1 aromatic rings. The third-order valence-electron chi connectivity index (χ3n) is 4.38. The largest absolute Gasteiger partial charge is 0.479 e. The van der Waals surface area contributed by atoms with E-state index in [1.54, 1.807) is 31.2 Å². The fraction of sp³-hybridized carbons (Fsp3) is 0.375. The minimum Gasteiger partial charge on any atom is -0.479 e. The summed E-state index contributed by atoms with van der Waals surface area (Å²) in [6.07, 6.45) is -1.03. The summed E-state index contributed by atoms with van der Waals surface area (Å²) in [5.41, 5.74) is -0.285. The molecule has 2 aliphatic rings. The van der Waals surface area contributed by atoms with Crippen molar-refractivity contribution in [2.24, 2.45) is 0 Å².